The molecule has 0 aromatic rings. The third kappa shape index (κ3) is 2.10. The van der Waals surface area contributed by atoms with E-state index in [1.807, 2.05) is 0 Å². The number of aliphatic hydroxyl groups is 1. The lowest BCUT2D eigenvalue weighted by Gasteiger charge is -2.30. The van der Waals surface area contributed by atoms with E-state index in [0.717, 1.165) is 0 Å². The summed E-state index contributed by atoms with van der Waals surface area (Å²) in [4.78, 5) is 0. The van der Waals surface area contributed by atoms with Gasteiger partial charge in [0.1, 0.15) is 0 Å². The molecule has 0 aromatic carbocycles. The van der Waals surface area contributed by atoms with Gasteiger partial charge in [-0.2, -0.15) is 0 Å². The zero-order valence-corrected chi connectivity index (χ0v) is 9.51. The maximum absolute atomic E-state index is 12.0. The Morgan fingerprint density at radius 3 is 2.29 bits per heavy atom. The molecule has 0 aromatic heterocycles. The van der Waals surface area contributed by atoms with Crippen LogP contribution in [0.15, 0.2) is 0 Å². The summed E-state index contributed by atoms with van der Waals surface area (Å²) >= 11 is 0. The second kappa shape index (κ2) is 4.16. The van der Waals surface area contributed by atoms with E-state index in [4.69, 9.17) is 9.84 Å². The summed E-state index contributed by atoms with van der Waals surface area (Å²) in [6, 6.07) is 0. The van der Waals surface area contributed by atoms with Crippen LogP contribution in [-0.4, -0.2) is 43.3 Å². The molecule has 1 aliphatic rings. The summed E-state index contributed by atoms with van der Waals surface area (Å²) in [5.41, 5.74) is 0. The van der Waals surface area contributed by atoms with E-state index in [9.17, 15) is 8.42 Å². The first kappa shape index (κ1) is 11.9. The number of hydrogen-bond donors (Lipinski definition) is 1. The number of sulfone groups is 1. The quantitative estimate of drug-likeness (QED) is 0.748. The van der Waals surface area contributed by atoms with Gasteiger partial charge in [0.25, 0.3) is 0 Å². The lowest BCUT2D eigenvalue weighted by atomic mass is 10.2. The molecule has 1 rings (SSSR count). The molecule has 1 N–H and O–H groups in total. The molecule has 0 unspecified atom stereocenters. The fourth-order valence-corrected chi connectivity index (χ4v) is 3.42. The van der Waals surface area contributed by atoms with Crippen molar-refractivity contribution in [2.75, 3.05) is 19.8 Å². The topological polar surface area (TPSA) is 63.6 Å². The molecule has 1 aliphatic heterocycles. The maximum atomic E-state index is 12.0. The van der Waals surface area contributed by atoms with Gasteiger partial charge < -0.3 is 9.84 Å². The Balaban J connectivity index is 2.83. The van der Waals surface area contributed by atoms with Crippen molar-refractivity contribution in [3.05, 3.63) is 0 Å². The minimum absolute atomic E-state index is 0.327. The van der Waals surface area contributed by atoms with Crippen molar-refractivity contribution in [2.45, 2.75) is 36.7 Å². The van der Waals surface area contributed by atoms with E-state index in [-0.39, 0.29) is 11.9 Å². The van der Waals surface area contributed by atoms with Crippen molar-refractivity contribution in [3.8, 4) is 0 Å². The largest absolute Gasteiger partial charge is 0.395 e. The van der Waals surface area contributed by atoms with Crippen LogP contribution in [0.3, 0.4) is 0 Å². The van der Waals surface area contributed by atoms with Crippen LogP contribution in [0.1, 0.15) is 26.7 Å². The predicted molar refractivity (Wildman–Crippen MR) is 53.9 cm³/mol. The Kier molecular flexibility index (Phi) is 3.55. The average Bonchev–Trinajstić information content (AvgIpc) is 2.19. The van der Waals surface area contributed by atoms with Crippen LogP contribution < -0.4 is 0 Å². The van der Waals surface area contributed by atoms with Gasteiger partial charge in [-0.1, -0.05) is 0 Å². The van der Waals surface area contributed by atoms with Gasteiger partial charge >= 0.3 is 0 Å². The van der Waals surface area contributed by atoms with Crippen LogP contribution in [-0.2, 0) is 14.6 Å². The van der Waals surface area contributed by atoms with Crippen LogP contribution in [0, 0.1) is 0 Å². The van der Waals surface area contributed by atoms with Crippen molar-refractivity contribution in [2.24, 2.45) is 0 Å². The van der Waals surface area contributed by atoms with Gasteiger partial charge in [-0.3, -0.25) is 0 Å². The summed E-state index contributed by atoms with van der Waals surface area (Å²) in [6.07, 6.45) is 1.09. The summed E-state index contributed by atoms with van der Waals surface area (Å²) in [5.74, 6) is 0. The summed E-state index contributed by atoms with van der Waals surface area (Å²) in [6.45, 7) is 3.82. The fraction of sp³-hybridized carbons (Fsp3) is 1.00. The van der Waals surface area contributed by atoms with Crippen molar-refractivity contribution in [1.82, 2.24) is 0 Å². The van der Waals surface area contributed by atoms with Crippen LogP contribution >= 0.6 is 0 Å². The highest BCUT2D eigenvalue weighted by Crippen LogP contribution is 2.26. The Hall–Kier alpha value is -0.130. The molecule has 1 heterocycles. The molecule has 0 amide bonds. The van der Waals surface area contributed by atoms with Gasteiger partial charge in [-0.25, -0.2) is 8.42 Å². The standard InChI is InChI=1S/C9H18O4S/c1-9(2,7-10)14(11,12)8-3-5-13-6-4-8/h8,10H,3-7H2,1-2H3. The summed E-state index contributed by atoms with van der Waals surface area (Å²) in [5, 5.41) is 8.70. The molecule has 1 fully saturated rings. The highest BCUT2D eigenvalue weighted by Gasteiger charge is 2.40. The normalized spacial score (nSPS) is 21.1. The molecule has 0 aliphatic carbocycles. The van der Waals surface area contributed by atoms with Gasteiger partial charge in [0.2, 0.25) is 0 Å². The molecule has 0 bridgehead atoms. The lowest BCUT2D eigenvalue weighted by molar-refractivity contribution is 0.0976. The molecule has 0 saturated carbocycles. The van der Waals surface area contributed by atoms with E-state index in [1.54, 1.807) is 13.8 Å². The molecular formula is C9H18O4S. The number of ether oxygens (including phenoxy) is 1. The van der Waals surface area contributed by atoms with Crippen molar-refractivity contribution in [1.29, 1.82) is 0 Å². The van der Waals surface area contributed by atoms with Crippen molar-refractivity contribution >= 4 is 9.84 Å². The van der Waals surface area contributed by atoms with Gasteiger partial charge in [0, 0.05) is 13.2 Å². The number of aliphatic hydroxyl groups excluding tert-OH is 1. The number of rotatable bonds is 3. The minimum atomic E-state index is -3.24. The van der Waals surface area contributed by atoms with E-state index < -0.39 is 14.6 Å². The Morgan fingerprint density at radius 1 is 1.36 bits per heavy atom. The van der Waals surface area contributed by atoms with E-state index >= 15 is 0 Å². The van der Waals surface area contributed by atoms with Crippen molar-refractivity contribution in [3.63, 3.8) is 0 Å². The zero-order chi connectivity index (χ0) is 10.8. The zero-order valence-electron chi connectivity index (χ0n) is 8.69. The Morgan fingerprint density at radius 2 is 1.86 bits per heavy atom. The third-order valence-electron chi connectivity index (χ3n) is 2.76. The second-order valence-corrected chi connectivity index (χ2v) is 7.14. The van der Waals surface area contributed by atoms with E-state index in [2.05, 4.69) is 0 Å². The van der Waals surface area contributed by atoms with Crippen LogP contribution in [0.2, 0.25) is 0 Å². The van der Waals surface area contributed by atoms with E-state index in [0.29, 0.717) is 26.1 Å². The minimum Gasteiger partial charge on any atom is -0.395 e. The second-order valence-electron chi connectivity index (χ2n) is 4.27. The molecule has 14 heavy (non-hydrogen) atoms. The van der Waals surface area contributed by atoms with Gasteiger partial charge in [0.05, 0.1) is 16.6 Å². The summed E-state index contributed by atoms with van der Waals surface area (Å²) in [7, 11) is -3.24. The molecule has 4 nitrogen and oxygen atoms in total. The Labute approximate surface area is 85.2 Å². The third-order valence-corrected chi connectivity index (χ3v) is 5.78. The van der Waals surface area contributed by atoms with Gasteiger partial charge in [0.15, 0.2) is 9.84 Å². The van der Waals surface area contributed by atoms with Gasteiger partial charge in [-0.05, 0) is 26.7 Å². The molecule has 0 atom stereocenters. The summed E-state index contributed by atoms with van der Waals surface area (Å²) < 4.78 is 28.1. The van der Waals surface area contributed by atoms with Crippen LogP contribution in [0.4, 0.5) is 0 Å². The first-order chi connectivity index (χ1) is 6.42. The predicted octanol–water partition coefficient (Wildman–Crippen LogP) is 0.351. The first-order valence-electron chi connectivity index (χ1n) is 4.84. The molecule has 84 valence electrons. The average molecular weight is 222 g/mol. The molecule has 0 spiro atoms. The van der Waals surface area contributed by atoms with Crippen LogP contribution in [0.5, 0.6) is 0 Å². The highest BCUT2D eigenvalue weighted by molar-refractivity contribution is 7.93. The fourth-order valence-electron chi connectivity index (χ4n) is 1.53. The van der Waals surface area contributed by atoms with Crippen LogP contribution in [0.25, 0.3) is 0 Å². The molecule has 5 heteroatoms. The van der Waals surface area contributed by atoms with Crippen molar-refractivity contribution < 1.29 is 18.3 Å². The first-order valence-corrected chi connectivity index (χ1v) is 6.38. The lowest BCUT2D eigenvalue weighted by Crippen LogP contribution is -2.44. The highest BCUT2D eigenvalue weighted by atomic mass is 32.2. The maximum Gasteiger partial charge on any atom is 0.160 e. The van der Waals surface area contributed by atoms with Gasteiger partial charge in [-0.15, -0.1) is 0 Å². The smallest absolute Gasteiger partial charge is 0.160 e. The monoisotopic (exact) mass is 222 g/mol. The molecular weight excluding hydrogens is 204 g/mol. The number of hydrogen-bond acceptors (Lipinski definition) is 4. The SMILES string of the molecule is CC(C)(CO)S(=O)(=O)C1CCOCC1. The molecule has 0 radical (unpaired) electrons. The Bertz CT molecular complexity index is 275. The van der Waals surface area contributed by atoms with E-state index in [1.165, 1.54) is 0 Å². The molecule has 1 saturated heterocycles.